The van der Waals surface area contributed by atoms with Gasteiger partial charge in [0.1, 0.15) is 0 Å². The lowest BCUT2D eigenvalue weighted by molar-refractivity contribution is 0.0985. The normalized spacial score (nSPS) is 15.2. The molecule has 0 spiro atoms. The van der Waals surface area contributed by atoms with Crippen LogP contribution < -0.4 is 5.32 Å². The maximum absolute atomic E-state index is 12.9. The van der Waals surface area contributed by atoms with Crippen molar-refractivity contribution < 1.29 is 9.59 Å². The molecule has 1 aliphatic heterocycles. The van der Waals surface area contributed by atoms with Gasteiger partial charge in [0, 0.05) is 28.4 Å². The Morgan fingerprint density at radius 3 is 2.53 bits per heavy atom. The molecule has 1 fully saturated rings. The van der Waals surface area contributed by atoms with Gasteiger partial charge in [-0.2, -0.15) is 0 Å². The molecule has 0 atom stereocenters. The first kappa shape index (κ1) is 22.3. The number of amides is 1. The zero-order valence-electron chi connectivity index (χ0n) is 19.1. The van der Waals surface area contributed by atoms with Crippen molar-refractivity contribution in [3.05, 3.63) is 65.4 Å². The molecule has 2 aromatic carbocycles. The van der Waals surface area contributed by atoms with E-state index in [4.69, 9.17) is 0 Å². The van der Waals surface area contributed by atoms with Gasteiger partial charge in [0.25, 0.3) is 5.91 Å². The van der Waals surface area contributed by atoms with Crippen LogP contribution in [0.3, 0.4) is 0 Å². The van der Waals surface area contributed by atoms with Gasteiger partial charge in [-0.05, 0) is 81.6 Å². The molecule has 5 heteroatoms. The molecule has 2 N–H and O–H groups in total. The van der Waals surface area contributed by atoms with Crippen molar-refractivity contribution in [1.82, 2.24) is 9.88 Å². The van der Waals surface area contributed by atoms with E-state index in [0.717, 1.165) is 24.3 Å². The zero-order valence-corrected chi connectivity index (χ0v) is 19.1. The number of hydrogen-bond acceptors (Lipinski definition) is 3. The number of H-pyrrole nitrogens is 1. The van der Waals surface area contributed by atoms with Crippen LogP contribution in [-0.2, 0) is 0 Å². The number of aromatic nitrogens is 1. The third kappa shape index (κ3) is 4.94. The molecule has 2 heterocycles. The second kappa shape index (κ2) is 10.1. The van der Waals surface area contributed by atoms with Gasteiger partial charge >= 0.3 is 0 Å². The van der Waals surface area contributed by atoms with Crippen LogP contribution in [0.4, 0.5) is 5.69 Å². The van der Waals surface area contributed by atoms with Crippen molar-refractivity contribution in [3.63, 3.8) is 0 Å². The lowest BCUT2D eigenvalue weighted by Gasteiger charge is -2.32. The number of anilines is 1. The van der Waals surface area contributed by atoms with E-state index in [1.165, 1.54) is 56.5 Å². The Hall–Kier alpha value is -2.92. The summed E-state index contributed by atoms with van der Waals surface area (Å²) in [5.74, 6) is 0.170. The minimum atomic E-state index is -0.257. The lowest BCUT2D eigenvalue weighted by Crippen LogP contribution is -2.33. The van der Waals surface area contributed by atoms with Crippen molar-refractivity contribution >= 4 is 28.3 Å². The number of nitrogens with one attached hydrogen (secondary N) is 2. The van der Waals surface area contributed by atoms with Gasteiger partial charge < -0.3 is 15.2 Å². The molecule has 1 aromatic heterocycles. The molecule has 0 unspecified atom stereocenters. The highest BCUT2D eigenvalue weighted by atomic mass is 16.2. The summed E-state index contributed by atoms with van der Waals surface area (Å²) in [5, 5.41) is 4.16. The molecule has 1 saturated heterocycles. The van der Waals surface area contributed by atoms with Gasteiger partial charge in [0.15, 0.2) is 5.78 Å². The number of fused-ring (bicyclic) bond motifs is 1. The number of rotatable bonds is 8. The highest BCUT2D eigenvalue weighted by Crippen LogP contribution is 2.34. The number of nitrogens with zero attached hydrogens (tertiary/aromatic N) is 1. The molecular formula is C27H33N3O2. The SMILES string of the molecule is CCCCCN1CCC(c2c[nH]c3ccc(NC(=O)c4ccccc4C(C)=O)cc23)CC1. The standard InChI is InChI=1S/C27H33N3O2/c1-3-4-7-14-30-15-12-20(13-16-30)25-18-28-26-11-10-21(17-24(25)26)29-27(32)23-9-6-5-8-22(23)19(2)31/h5-6,8-11,17-18,20,28H,3-4,7,12-16H2,1-2H3,(H,29,32). The van der Waals surface area contributed by atoms with Gasteiger partial charge in [0.2, 0.25) is 0 Å². The molecule has 1 amide bonds. The van der Waals surface area contributed by atoms with E-state index < -0.39 is 0 Å². The van der Waals surface area contributed by atoms with Gasteiger partial charge in [-0.3, -0.25) is 9.59 Å². The summed E-state index contributed by atoms with van der Waals surface area (Å²) < 4.78 is 0. The monoisotopic (exact) mass is 431 g/mol. The number of carbonyl (C=O) groups excluding carboxylic acids is 2. The summed E-state index contributed by atoms with van der Waals surface area (Å²) in [5.41, 5.74) is 4.03. The summed E-state index contributed by atoms with van der Waals surface area (Å²) >= 11 is 0. The molecule has 0 aliphatic carbocycles. The van der Waals surface area contributed by atoms with Gasteiger partial charge in [-0.1, -0.05) is 38.0 Å². The Bertz CT molecular complexity index is 1090. The van der Waals surface area contributed by atoms with Crippen molar-refractivity contribution in [3.8, 4) is 0 Å². The second-order valence-electron chi connectivity index (χ2n) is 8.88. The van der Waals surface area contributed by atoms with Crippen LogP contribution in [0.2, 0.25) is 0 Å². The smallest absolute Gasteiger partial charge is 0.256 e. The number of hydrogen-bond donors (Lipinski definition) is 2. The molecule has 32 heavy (non-hydrogen) atoms. The average Bonchev–Trinajstić information content (AvgIpc) is 3.23. The average molecular weight is 432 g/mol. The first-order valence-corrected chi connectivity index (χ1v) is 11.8. The number of unbranched alkanes of at least 4 members (excludes halogenated alkanes) is 2. The summed E-state index contributed by atoms with van der Waals surface area (Å²) in [6, 6.07) is 12.9. The maximum atomic E-state index is 12.9. The Kier molecular flexibility index (Phi) is 7.05. The van der Waals surface area contributed by atoms with Crippen LogP contribution in [0.25, 0.3) is 10.9 Å². The fraction of sp³-hybridized carbons (Fsp3) is 0.407. The van der Waals surface area contributed by atoms with E-state index in [1.54, 1.807) is 24.3 Å². The fourth-order valence-corrected chi connectivity index (χ4v) is 4.80. The summed E-state index contributed by atoms with van der Waals surface area (Å²) in [7, 11) is 0. The summed E-state index contributed by atoms with van der Waals surface area (Å²) in [6.45, 7) is 7.26. The van der Waals surface area contributed by atoms with Crippen molar-refractivity contribution in [2.45, 2.75) is 51.9 Å². The van der Waals surface area contributed by atoms with E-state index in [1.807, 2.05) is 12.1 Å². The van der Waals surface area contributed by atoms with Crippen LogP contribution in [0, 0.1) is 0 Å². The number of benzene rings is 2. The van der Waals surface area contributed by atoms with Crippen LogP contribution in [-0.4, -0.2) is 41.2 Å². The molecule has 5 nitrogen and oxygen atoms in total. The van der Waals surface area contributed by atoms with E-state index in [0.29, 0.717) is 17.0 Å². The molecule has 4 rings (SSSR count). The second-order valence-corrected chi connectivity index (χ2v) is 8.88. The largest absolute Gasteiger partial charge is 0.361 e. The predicted octanol–water partition coefficient (Wildman–Crippen LogP) is 5.99. The third-order valence-corrected chi connectivity index (χ3v) is 6.63. The molecular weight excluding hydrogens is 398 g/mol. The van der Waals surface area contributed by atoms with Crippen molar-refractivity contribution in [2.24, 2.45) is 0 Å². The molecule has 1 aliphatic rings. The molecule has 0 saturated carbocycles. The number of piperidine rings is 1. The van der Waals surface area contributed by atoms with Crippen LogP contribution >= 0.6 is 0 Å². The minimum Gasteiger partial charge on any atom is -0.361 e. The highest BCUT2D eigenvalue weighted by Gasteiger charge is 2.23. The number of aromatic amines is 1. The van der Waals surface area contributed by atoms with Crippen molar-refractivity contribution in [1.29, 1.82) is 0 Å². The minimum absolute atomic E-state index is 0.111. The molecule has 168 valence electrons. The van der Waals surface area contributed by atoms with Crippen LogP contribution in [0.15, 0.2) is 48.7 Å². The van der Waals surface area contributed by atoms with Crippen LogP contribution in [0.5, 0.6) is 0 Å². The first-order chi connectivity index (χ1) is 15.6. The van der Waals surface area contributed by atoms with Gasteiger partial charge in [-0.25, -0.2) is 0 Å². The van der Waals surface area contributed by atoms with E-state index in [-0.39, 0.29) is 11.7 Å². The molecule has 3 aromatic rings. The number of ketones is 1. The number of likely N-dealkylation sites (tertiary alicyclic amines) is 1. The number of Topliss-reactive ketones (excluding diaryl/α,β-unsaturated/α-hetero) is 1. The summed E-state index contributed by atoms with van der Waals surface area (Å²) in [4.78, 5) is 30.8. The zero-order chi connectivity index (χ0) is 22.5. The topological polar surface area (TPSA) is 65.2 Å². The number of carbonyl (C=O) groups is 2. The Balaban J connectivity index is 1.48. The van der Waals surface area contributed by atoms with E-state index >= 15 is 0 Å². The van der Waals surface area contributed by atoms with Gasteiger partial charge in [-0.15, -0.1) is 0 Å². The first-order valence-electron chi connectivity index (χ1n) is 11.8. The fourth-order valence-electron chi connectivity index (χ4n) is 4.80. The predicted molar refractivity (Wildman–Crippen MR) is 131 cm³/mol. The Morgan fingerprint density at radius 1 is 1.06 bits per heavy atom. The van der Waals surface area contributed by atoms with Gasteiger partial charge in [0.05, 0.1) is 5.56 Å². The quantitative estimate of drug-likeness (QED) is 0.340. The van der Waals surface area contributed by atoms with E-state index in [2.05, 4.69) is 34.4 Å². The van der Waals surface area contributed by atoms with Crippen molar-refractivity contribution in [2.75, 3.05) is 25.0 Å². The maximum Gasteiger partial charge on any atom is 0.256 e. The third-order valence-electron chi connectivity index (χ3n) is 6.63. The Labute approximate surface area is 190 Å². The van der Waals surface area contributed by atoms with Crippen LogP contribution in [0.1, 0.15) is 78.1 Å². The molecule has 0 radical (unpaired) electrons. The Morgan fingerprint density at radius 2 is 1.81 bits per heavy atom. The highest BCUT2D eigenvalue weighted by molar-refractivity contribution is 6.12. The molecule has 0 bridgehead atoms. The lowest BCUT2D eigenvalue weighted by atomic mass is 9.89. The van der Waals surface area contributed by atoms with E-state index in [9.17, 15) is 9.59 Å². The summed E-state index contributed by atoms with van der Waals surface area (Å²) in [6.07, 6.45) is 8.35.